The molecule has 29 heavy (non-hydrogen) atoms. The van der Waals surface area contributed by atoms with E-state index in [2.05, 4.69) is 89.2 Å². The third-order valence-corrected chi connectivity index (χ3v) is 6.97. The molecule has 0 saturated carbocycles. The van der Waals surface area contributed by atoms with Crippen LogP contribution in [-0.2, 0) is 13.1 Å². The Morgan fingerprint density at radius 2 is 1.17 bits per heavy atom. The average Bonchev–Trinajstić information content (AvgIpc) is 2.78. The smallest absolute Gasteiger partial charge is 0.137 e. The highest BCUT2D eigenvalue weighted by atomic mass is 16.5. The molecular formula is C26H42N2O+2. The summed E-state index contributed by atoms with van der Waals surface area (Å²) in [7, 11) is 0. The van der Waals surface area contributed by atoms with Crippen LogP contribution in [0.15, 0.2) is 54.6 Å². The molecule has 0 saturated heterocycles. The van der Waals surface area contributed by atoms with Crippen molar-refractivity contribution < 1.29 is 13.7 Å². The maximum absolute atomic E-state index is 6.24. The summed E-state index contributed by atoms with van der Waals surface area (Å²) in [5, 5.41) is 0. The van der Waals surface area contributed by atoms with Crippen molar-refractivity contribution in [2.45, 2.75) is 47.7 Å². The highest BCUT2D eigenvalue weighted by molar-refractivity contribution is 5.28. The molecule has 2 aromatic carbocycles. The first-order chi connectivity index (χ1) is 14.0. The van der Waals surface area contributed by atoms with Crippen LogP contribution in [0.25, 0.3) is 0 Å². The summed E-state index contributed by atoms with van der Waals surface area (Å²) in [4.78, 5) is 0. The molecule has 0 aliphatic heterocycles. The number of hydrogen-bond donors (Lipinski definition) is 0. The van der Waals surface area contributed by atoms with Gasteiger partial charge in [-0.25, -0.2) is 0 Å². The Balaban J connectivity index is 1.99. The van der Waals surface area contributed by atoms with Crippen molar-refractivity contribution in [2.24, 2.45) is 0 Å². The van der Waals surface area contributed by atoms with Crippen molar-refractivity contribution in [3.8, 4) is 5.75 Å². The van der Waals surface area contributed by atoms with Gasteiger partial charge in [-0.2, -0.15) is 0 Å². The van der Waals surface area contributed by atoms with E-state index in [1.165, 1.54) is 30.8 Å². The molecule has 0 N–H and O–H groups in total. The van der Waals surface area contributed by atoms with Crippen LogP contribution in [0.1, 0.15) is 45.7 Å². The van der Waals surface area contributed by atoms with Crippen LogP contribution in [0, 0.1) is 0 Å². The standard InChI is InChI=1S/C26H42N2O/c1-6-27(7-2,8-3)23-25-17-14-18-26(21-25)29-20-19-28(9-4,10-5)22-24-15-12-11-13-16-24/h11-18,21H,6-10,19-20,22-23H2,1-5H3/q+2. The van der Waals surface area contributed by atoms with E-state index in [9.17, 15) is 0 Å². The van der Waals surface area contributed by atoms with Crippen molar-refractivity contribution in [3.63, 3.8) is 0 Å². The number of hydrogen-bond acceptors (Lipinski definition) is 1. The monoisotopic (exact) mass is 398 g/mol. The largest absolute Gasteiger partial charge is 0.488 e. The summed E-state index contributed by atoms with van der Waals surface area (Å²) in [5.74, 6) is 1.01. The van der Waals surface area contributed by atoms with Gasteiger partial charge in [0, 0.05) is 11.1 Å². The van der Waals surface area contributed by atoms with E-state index in [0.717, 1.165) is 54.0 Å². The van der Waals surface area contributed by atoms with Crippen LogP contribution >= 0.6 is 0 Å². The number of rotatable bonds is 13. The van der Waals surface area contributed by atoms with E-state index >= 15 is 0 Å². The Hall–Kier alpha value is -1.84. The second kappa shape index (κ2) is 11.4. The van der Waals surface area contributed by atoms with Crippen LogP contribution in [0.2, 0.25) is 0 Å². The Morgan fingerprint density at radius 1 is 0.621 bits per heavy atom. The third kappa shape index (κ3) is 6.58. The lowest BCUT2D eigenvalue weighted by Crippen LogP contribution is -2.49. The van der Waals surface area contributed by atoms with E-state index in [0.29, 0.717) is 0 Å². The second-order valence-electron chi connectivity index (χ2n) is 8.29. The molecule has 0 bridgehead atoms. The molecule has 0 radical (unpaired) electrons. The van der Waals surface area contributed by atoms with Gasteiger partial charge in [0.05, 0.1) is 32.7 Å². The van der Waals surface area contributed by atoms with Gasteiger partial charge < -0.3 is 13.7 Å². The molecule has 2 aromatic rings. The van der Waals surface area contributed by atoms with Crippen molar-refractivity contribution >= 4 is 0 Å². The van der Waals surface area contributed by atoms with Crippen molar-refractivity contribution in [2.75, 3.05) is 45.9 Å². The van der Waals surface area contributed by atoms with Gasteiger partial charge in [-0.3, -0.25) is 0 Å². The molecule has 0 amide bonds. The summed E-state index contributed by atoms with van der Waals surface area (Å²) in [6.07, 6.45) is 0. The number of benzene rings is 2. The predicted octanol–water partition coefficient (Wildman–Crippen LogP) is 5.50. The van der Waals surface area contributed by atoms with Crippen LogP contribution < -0.4 is 4.74 Å². The third-order valence-electron chi connectivity index (χ3n) is 6.97. The molecule has 0 atom stereocenters. The fourth-order valence-electron chi connectivity index (χ4n) is 4.30. The minimum Gasteiger partial charge on any atom is -0.488 e. The number of quaternary nitrogens is 2. The summed E-state index contributed by atoms with van der Waals surface area (Å²) in [5.41, 5.74) is 2.79. The Morgan fingerprint density at radius 3 is 1.76 bits per heavy atom. The molecule has 2 rings (SSSR count). The van der Waals surface area contributed by atoms with Crippen molar-refractivity contribution in [1.82, 2.24) is 0 Å². The number of likely N-dealkylation sites (N-methyl/N-ethyl adjacent to an activating group) is 1. The Bertz CT molecular complexity index is 697. The predicted molar refractivity (Wildman–Crippen MR) is 124 cm³/mol. The minimum absolute atomic E-state index is 0.757. The first-order valence-corrected chi connectivity index (χ1v) is 11.5. The Labute approximate surface area is 179 Å². The molecule has 0 heterocycles. The van der Waals surface area contributed by atoms with E-state index in [1.807, 2.05) is 0 Å². The minimum atomic E-state index is 0.757. The lowest BCUT2D eigenvalue weighted by molar-refractivity contribution is -0.937. The molecule has 0 aliphatic carbocycles. The van der Waals surface area contributed by atoms with Gasteiger partial charge in [0.15, 0.2) is 0 Å². The van der Waals surface area contributed by atoms with Crippen LogP contribution in [0.3, 0.4) is 0 Å². The van der Waals surface area contributed by atoms with Gasteiger partial charge in [-0.05, 0) is 46.8 Å². The van der Waals surface area contributed by atoms with Gasteiger partial charge in [0.25, 0.3) is 0 Å². The fourth-order valence-corrected chi connectivity index (χ4v) is 4.30. The summed E-state index contributed by atoms with van der Waals surface area (Å²) in [6.45, 7) is 21.2. The van der Waals surface area contributed by atoms with Gasteiger partial charge in [0.1, 0.15) is 32.0 Å². The van der Waals surface area contributed by atoms with E-state index in [1.54, 1.807) is 0 Å². The fraction of sp³-hybridized carbons (Fsp3) is 0.538. The molecule has 0 aliphatic rings. The summed E-state index contributed by atoms with van der Waals surface area (Å²) < 4.78 is 8.43. The zero-order valence-corrected chi connectivity index (χ0v) is 19.4. The SMILES string of the molecule is CC[N+](CC)(CC)Cc1cccc(OCC[N+](CC)(CC)Cc2ccccc2)c1. The molecule has 160 valence electrons. The quantitative estimate of drug-likeness (QED) is 0.405. The zero-order valence-electron chi connectivity index (χ0n) is 19.4. The van der Waals surface area contributed by atoms with E-state index < -0.39 is 0 Å². The number of ether oxygens (including phenoxy) is 1. The highest BCUT2D eigenvalue weighted by Gasteiger charge is 2.24. The normalized spacial score (nSPS) is 12.2. The van der Waals surface area contributed by atoms with Crippen LogP contribution in [-0.4, -0.2) is 54.8 Å². The van der Waals surface area contributed by atoms with Gasteiger partial charge in [-0.1, -0.05) is 42.5 Å². The first-order valence-electron chi connectivity index (χ1n) is 11.5. The van der Waals surface area contributed by atoms with Crippen molar-refractivity contribution in [3.05, 3.63) is 65.7 Å². The van der Waals surface area contributed by atoms with Gasteiger partial charge >= 0.3 is 0 Å². The van der Waals surface area contributed by atoms with Gasteiger partial charge in [-0.15, -0.1) is 0 Å². The lowest BCUT2D eigenvalue weighted by Gasteiger charge is -2.37. The number of nitrogens with zero attached hydrogens (tertiary/aromatic N) is 2. The highest BCUT2D eigenvalue weighted by Crippen LogP contribution is 2.20. The summed E-state index contributed by atoms with van der Waals surface area (Å²) >= 11 is 0. The van der Waals surface area contributed by atoms with E-state index in [-0.39, 0.29) is 0 Å². The maximum atomic E-state index is 6.24. The van der Waals surface area contributed by atoms with Crippen LogP contribution in [0.4, 0.5) is 0 Å². The molecule has 3 heteroatoms. The summed E-state index contributed by atoms with van der Waals surface area (Å²) in [6, 6.07) is 19.6. The van der Waals surface area contributed by atoms with Crippen LogP contribution in [0.5, 0.6) is 5.75 Å². The second-order valence-corrected chi connectivity index (χ2v) is 8.29. The maximum Gasteiger partial charge on any atom is 0.137 e. The molecule has 0 aromatic heterocycles. The molecule has 0 fully saturated rings. The molecular weight excluding hydrogens is 356 g/mol. The zero-order chi connectivity index (χ0) is 21.2. The van der Waals surface area contributed by atoms with Crippen molar-refractivity contribution in [1.29, 1.82) is 0 Å². The van der Waals surface area contributed by atoms with E-state index in [4.69, 9.17) is 4.74 Å². The average molecular weight is 399 g/mol. The lowest BCUT2D eigenvalue weighted by atomic mass is 10.1. The Kier molecular flexibility index (Phi) is 9.19. The molecule has 0 spiro atoms. The van der Waals surface area contributed by atoms with Gasteiger partial charge in [0.2, 0.25) is 0 Å². The molecule has 3 nitrogen and oxygen atoms in total. The molecule has 0 unspecified atom stereocenters. The first kappa shape index (κ1) is 23.4. The topological polar surface area (TPSA) is 9.23 Å².